The maximum absolute atomic E-state index is 6.28. The first kappa shape index (κ1) is 14.9. The molecule has 0 bridgehead atoms. The van der Waals surface area contributed by atoms with Gasteiger partial charge in [0.05, 0.1) is 24.5 Å². The van der Waals surface area contributed by atoms with Crippen LogP contribution in [-0.4, -0.2) is 31.4 Å². The number of nitrogens with one attached hydrogen (secondary N) is 1. The van der Waals surface area contributed by atoms with Crippen LogP contribution in [0.5, 0.6) is 0 Å². The highest BCUT2D eigenvalue weighted by atomic mass is 16.5. The van der Waals surface area contributed by atoms with Crippen molar-refractivity contribution in [3.8, 4) is 0 Å². The molecule has 1 fully saturated rings. The molecular weight excluding hydrogens is 238 g/mol. The van der Waals surface area contributed by atoms with Crippen molar-refractivity contribution in [2.24, 2.45) is 0 Å². The summed E-state index contributed by atoms with van der Waals surface area (Å²) >= 11 is 0. The molecule has 1 unspecified atom stereocenters. The Bertz CT molecular complexity index is 290. The normalized spacial score (nSPS) is 24.4. The molecule has 1 aliphatic heterocycles. The van der Waals surface area contributed by atoms with E-state index in [0.29, 0.717) is 6.04 Å². The molecule has 1 saturated carbocycles. The number of likely N-dealkylation sites (N-methyl/N-ethyl adjacent to an activating group) is 1. The molecule has 0 spiro atoms. The summed E-state index contributed by atoms with van der Waals surface area (Å²) < 4.78 is 11.8. The largest absolute Gasteiger partial charge is 0.501 e. The van der Waals surface area contributed by atoms with Crippen LogP contribution in [0.3, 0.4) is 0 Å². The van der Waals surface area contributed by atoms with Gasteiger partial charge in [0, 0.05) is 6.61 Å². The van der Waals surface area contributed by atoms with Crippen LogP contribution in [0, 0.1) is 0 Å². The molecule has 3 heteroatoms. The second-order valence-electron chi connectivity index (χ2n) is 5.72. The fourth-order valence-corrected chi connectivity index (χ4v) is 3.61. The van der Waals surface area contributed by atoms with Crippen molar-refractivity contribution in [1.29, 1.82) is 0 Å². The molecule has 2 rings (SSSR count). The summed E-state index contributed by atoms with van der Waals surface area (Å²) in [6.07, 6.45) is 10.6. The van der Waals surface area contributed by atoms with Crippen molar-refractivity contribution in [3.05, 3.63) is 11.8 Å². The van der Waals surface area contributed by atoms with Gasteiger partial charge in [-0.1, -0.05) is 26.2 Å². The van der Waals surface area contributed by atoms with Crippen molar-refractivity contribution >= 4 is 0 Å². The first-order chi connectivity index (χ1) is 9.32. The van der Waals surface area contributed by atoms with Crippen molar-refractivity contribution in [3.63, 3.8) is 0 Å². The third kappa shape index (κ3) is 3.51. The van der Waals surface area contributed by atoms with Crippen molar-refractivity contribution in [1.82, 2.24) is 5.32 Å². The Hall–Kier alpha value is -0.540. The van der Waals surface area contributed by atoms with Gasteiger partial charge in [-0.15, -0.1) is 0 Å². The van der Waals surface area contributed by atoms with Gasteiger partial charge in [0.1, 0.15) is 0 Å². The van der Waals surface area contributed by atoms with E-state index in [0.717, 1.165) is 32.6 Å². The Morgan fingerprint density at radius 3 is 2.63 bits per heavy atom. The highest BCUT2D eigenvalue weighted by molar-refractivity contribution is 5.18. The van der Waals surface area contributed by atoms with Gasteiger partial charge in [0.25, 0.3) is 0 Å². The zero-order valence-electron chi connectivity index (χ0n) is 12.5. The topological polar surface area (TPSA) is 30.5 Å². The molecule has 1 atom stereocenters. The zero-order valence-corrected chi connectivity index (χ0v) is 12.5. The lowest BCUT2D eigenvalue weighted by atomic mass is 9.75. The molecule has 0 aromatic carbocycles. The third-order valence-corrected chi connectivity index (χ3v) is 4.40. The number of hydrogen-bond acceptors (Lipinski definition) is 3. The summed E-state index contributed by atoms with van der Waals surface area (Å²) in [5.74, 6) is 0. The lowest BCUT2D eigenvalue weighted by Gasteiger charge is -2.45. The average Bonchev–Trinajstić information content (AvgIpc) is 2.47. The van der Waals surface area contributed by atoms with Gasteiger partial charge < -0.3 is 14.8 Å². The van der Waals surface area contributed by atoms with Crippen LogP contribution >= 0.6 is 0 Å². The summed E-state index contributed by atoms with van der Waals surface area (Å²) in [7, 11) is 0. The first-order valence-corrected chi connectivity index (χ1v) is 8.00. The molecule has 19 heavy (non-hydrogen) atoms. The van der Waals surface area contributed by atoms with Crippen LogP contribution in [0.25, 0.3) is 0 Å². The van der Waals surface area contributed by atoms with Crippen molar-refractivity contribution < 1.29 is 9.47 Å². The van der Waals surface area contributed by atoms with Gasteiger partial charge >= 0.3 is 0 Å². The van der Waals surface area contributed by atoms with Crippen LogP contribution < -0.4 is 5.32 Å². The molecule has 1 heterocycles. The third-order valence-electron chi connectivity index (χ3n) is 4.40. The van der Waals surface area contributed by atoms with Gasteiger partial charge in [-0.3, -0.25) is 0 Å². The average molecular weight is 267 g/mol. The van der Waals surface area contributed by atoms with Crippen LogP contribution in [0.1, 0.15) is 58.8 Å². The molecule has 0 aromatic heterocycles. The molecule has 0 amide bonds. The summed E-state index contributed by atoms with van der Waals surface area (Å²) in [5.41, 5.74) is 1.40. The number of hydrogen-bond donors (Lipinski definition) is 1. The molecule has 0 aromatic rings. The van der Waals surface area contributed by atoms with Gasteiger partial charge in [-0.2, -0.15) is 0 Å². The summed E-state index contributed by atoms with van der Waals surface area (Å²) in [6, 6.07) is 0.332. The number of rotatable bonds is 6. The van der Waals surface area contributed by atoms with E-state index in [1.54, 1.807) is 0 Å². The van der Waals surface area contributed by atoms with Crippen LogP contribution in [0.4, 0.5) is 0 Å². The Morgan fingerprint density at radius 1 is 1.26 bits per heavy atom. The number of ether oxygens (including phenoxy) is 2. The molecule has 0 saturated heterocycles. The Labute approximate surface area is 117 Å². The monoisotopic (exact) mass is 267 g/mol. The van der Waals surface area contributed by atoms with E-state index in [4.69, 9.17) is 9.47 Å². The van der Waals surface area contributed by atoms with Crippen molar-refractivity contribution in [2.75, 3.05) is 19.8 Å². The minimum atomic E-state index is -0.00442. The quantitative estimate of drug-likeness (QED) is 0.800. The second-order valence-corrected chi connectivity index (χ2v) is 5.72. The molecule has 3 nitrogen and oxygen atoms in total. The molecule has 1 aliphatic carbocycles. The van der Waals surface area contributed by atoms with E-state index >= 15 is 0 Å². The van der Waals surface area contributed by atoms with E-state index in [1.165, 1.54) is 37.7 Å². The van der Waals surface area contributed by atoms with Crippen LogP contribution in [-0.2, 0) is 9.47 Å². The molecule has 110 valence electrons. The van der Waals surface area contributed by atoms with Gasteiger partial charge in [0.2, 0.25) is 0 Å². The van der Waals surface area contributed by atoms with Gasteiger partial charge in [-0.05, 0) is 44.7 Å². The van der Waals surface area contributed by atoms with Gasteiger partial charge in [0.15, 0.2) is 0 Å². The Morgan fingerprint density at radius 2 is 2.05 bits per heavy atom. The minimum Gasteiger partial charge on any atom is -0.501 e. The maximum atomic E-state index is 6.28. The van der Waals surface area contributed by atoms with Crippen LogP contribution in [0.2, 0.25) is 0 Å². The van der Waals surface area contributed by atoms with E-state index in [9.17, 15) is 0 Å². The van der Waals surface area contributed by atoms with Crippen molar-refractivity contribution in [2.45, 2.75) is 70.4 Å². The smallest absolute Gasteiger partial charge is 0.0876 e. The summed E-state index contributed by atoms with van der Waals surface area (Å²) in [5, 5.41) is 3.67. The Kier molecular flexibility index (Phi) is 5.71. The second kappa shape index (κ2) is 7.30. The minimum absolute atomic E-state index is 0.00442. The summed E-state index contributed by atoms with van der Waals surface area (Å²) in [4.78, 5) is 0. The molecular formula is C16H29NO2. The Balaban J connectivity index is 2.19. The van der Waals surface area contributed by atoms with E-state index < -0.39 is 0 Å². The zero-order chi connectivity index (χ0) is 13.6. The van der Waals surface area contributed by atoms with Gasteiger partial charge in [-0.25, -0.2) is 0 Å². The molecule has 0 radical (unpaired) electrons. The first-order valence-electron chi connectivity index (χ1n) is 8.00. The fourth-order valence-electron chi connectivity index (χ4n) is 3.61. The SMILES string of the molecule is CCNC(C1=COCCC1)C1(OCC)CCCCC1. The lowest BCUT2D eigenvalue weighted by Crippen LogP contribution is -2.55. The standard InChI is InChI=1S/C16H29NO2/c1-3-17-15(14-9-8-12-18-13-14)16(19-4-2)10-6-5-7-11-16/h13,15,17H,3-12H2,1-2H3. The van der Waals surface area contributed by atoms with E-state index in [1.807, 2.05) is 6.26 Å². The lowest BCUT2D eigenvalue weighted by molar-refractivity contribution is -0.0833. The molecule has 1 N–H and O–H groups in total. The highest BCUT2D eigenvalue weighted by Gasteiger charge is 2.42. The van der Waals surface area contributed by atoms with Crippen LogP contribution in [0.15, 0.2) is 11.8 Å². The van der Waals surface area contributed by atoms with E-state index in [-0.39, 0.29) is 5.60 Å². The highest BCUT2D eigenvalue weighted by Crippen LogP contribution is 2.38. The fraction of sp³-hybridized carbons (Fsp3) is 0.875. The van der Waals surface area contributed by atoms with E-state index in [2.05, 4.69) is 19.2 Å². The predicted molar refractivity (Wildman–Crippen MR) is 78.2 cm³/mol. The summed E-state index contributed by atoms with van der Waals surface area (Å²) in [6.45, 7) is 6.95. The predicted octanol–water partition coefficient (Wildman–Crippen LogP) is 3.40. The molecule has 2 aliphatic rings. The maximum Gasteiger partial charge on any atom is 0.0876 e.